The van der Waals surface area contributed by atoms with Crippen LogP contribution in [0.5, 0.6) is 0 Å². The third-order valence-corrected chi connectivity index (χ3v) is 2.65. The average molecular weight is 236 g/mol. The fourth-order valence-electron chi connectivity index (χ4n) is 1.65. The zero-order chi connectivity index (χ0) is 12.4. The Morgan fingerprint density at radius 3 is 2.71 bits per heavy atom. The van der Waals surface area contributed by atoms with Crippen molar-refractivity contribution < 1.29 is 13.6 Å². The molecule has 0 unspecified atom stereocenters. The average Bonchev–Trinajstić information content (AvgIpc) is 3.09. The Morgan fingerprint density at radius 2 is 2.18 bits per heavy atom. The highest BCUT2D eigenvalue weighted by atomic mass is 19.1. The molecule has 0 heterocycles. The molecule has 1 aliphatic carbocycles. The van der Waals surface area contributed by atoms with Crippen molar-refractivity contribution in [2.24, 2.45) is 0 Å². The summed E-state index contributed by atoms with van der Waals surface area (Å²) in [5.74, 6) is -2.16. The van der Waals surface area contributed by atoms with E-state index < -0.39 is 17.5 Å². The zero-order valence-corrected chi connectivity index (χ0v) is 8.99. The summed E-state index contributed by atoms with van der Waals surface area (Å²) in [6, 6.07) is 4.72. The number of rotatable bonds is 3. The molecule has 1 aromatic rings. The van der Waals surface area contributed by atoms with Crippen molar-refractivity contribution >= 4 is 5.91 Å². The Hall–Kier alpha value is -1.96. The van der Waals surface area contributed by atoms with Gasteiger partial charge in [0.25, 0.3) is 5.91 Å². The van der Waals surface area contributed by atoms with Gasteiger partial charge in [0.15, 0.2) is 0 Å². The Labute approximate surface area is 97.3 Å². The van der Waals surface area contributed by atoms with E-state index in [1.807, 2.05) is 6.07 Å². The highest BCUT2D eigenvalue weighted by Gasteiger charge is 2.33. The molecule has 0 radical (unpaired) electrons. The molecule has 88 valence electrons. The molecule has 0 N–H and O–H groups in total. The minimum absolute atomic E-state index is 0.0200. The molecule has 0 spiro atoms. The smallest absolute Gasteiger partial charge is 0.257 e. The van der Waals surface area contributed by atoms with Gasteiger partial charge in [-0.2, -0.15) is 5.26 Å². The third-order valence-electron chi connectivity index (χ3n) is 2.65. The Kier molecular flexibility index (Phi) is 3.05. The van der Waals surface area contributed by atoms with Gasteiger partial charge in [0, 0.05) is 12.1 Å². The summed E-state index contributed by atoms with van der Waals surface area (Å²) in [4.78, 5) is 13.3. The predicted octanol–water partition coefficient (Wildman–Crippen LogP) is 2.09. The van der Waals surface area contributed by atoms with E-state index in [0.29, 0.717) is 6.07 Å². The monoisotopic (exact) mass is 236 g/mol. The molecule has 0 aromatic heterocycles. The summed E-state index contributed by atoms with van der Waals surface area (Å²) in [6.07, 6.45) is 1.66. The Morgan fingerprint density at radius 1 is 1.47 bits per heavy atom. The molecular formula is C12H10F2N2O. The van der Waals surface area contributed by atoms with E-state index in [1.54, 1.807) is 0 Å². The Balaban J connectivity index is 2.25. The summed E-state index contributed by atoms with van der Waals surface area (Å²) < 4.78 is 26.1. The first-order valence-corrected chi connectivity index (χ1v) is 5.26. The molecule has 5 heteroatoms. The quantitative estimate of drug-likeness (QED) is 0.754. The van der Waals surface area contributed by atoms with Gasteiger partial charge < -0.3 is 4.90 Å². The lowest BCUT2D eigenvalue weighted by Crippen LogP contribution is -2.34. The number of halogens is 2. The standard InChI is InChI=1S/C12H10F2N2O/c13-8-1-4-10(11(14)7-8)12(17)16(6-5-15)9-2-3-9/h1,4,7,9H,2-3,6H2. The van der Waals surface area contributed by atoms with Gasteiger partial charge in [-0.25, -0.2) is 8.78 Å². The summed E-state index contributed by atoms with van der Waals surface area (Å²) in [7, 11) is 0. The maximum Gasteiger partial charge on any atom is 0.257 e. The van der Waals surface area contributed by atoms with E-state index in [0.717, 1.165) is 25.0 Å². The van der Waals surface area contributed by atoms with E-state index in [9.17, 15) is 13.6 Å². The topological polar surface area (TPSA) is 44.1 Å². The molecule has 1 amide bonds. The third kappa shape index (κ3) is 2.41. The van der Waals surface area contributed by atoms with Crippen LogP contribution in [0.25, 0.3) is 0 Å². The van der Waals surface area contributed by atoms with E-state index in [4.69, 9.17) is 5.26 Å². The van der Waals surface area contributed by atoms with Crippen molar-refractivity contribution in [3.63, 3.8) is 0 Å². The molecule has 17 heavy (non-hydrogen) atoms. The van der Waals surface area contributed by atoms with E-state index in [2.05, 4.69) is 0 Å². The van der Waals surface area contributed by atoms with Gasteiger partial charge in [0.2, 0.25) is 0 Å². The molecule has 0 bridgehead atoms. The van der Waals surface area contributed by atoms with Gasteiger partial charge in [-0.05, 0) is 25.0 Å². The summed E-state index contributed by atoms with van der Waals surface area (Å²) in [6.45, 7) is -0.0691. The first kappa shape index (κ1) is 11.5. The van der Waals surface area contributed by atoms with Crippen LogP contribution in [0.15, 0.2) is 18.2 Å². The minimum atomic E-state index is -0.890. The van der Waals surface area contributed by atoms with Gasteiger partial charge in [0.05, 0.1) is 11.6 Å². The Bertz CT molecular complexity index is 492. The second-order valence-corrected chi connectivity index (χ2v) is 3.95. The van der Waals surface area contributed by atoms with Gasteiger partial charge in [-0.3, -0.25) is 4.79 Å². The van der Waals surface area contributed by atoms with Crippen LogP contribution in [0.2, 0.25) is 0 Å². The summed E-state index contributed by atoms with van der Waals surface area (Å²) >= 11 is 0. The highest BCUT2D eigenvalue weighted by Crippen LogP contribution is 2.28. The number of amides is 1. The molecule has 3 nitrogen and oxygen atoms in total. The van der Waals surface area contributed by atoms with Crippen LogP contribution in [0, 0.1) is 23.0 Å². The van der Waals surface area contributed by atoms with Crippen molar-refractivity contribution in [1.82, 2.24) is 4.90 Å². The molecule has 0 saturated heterocycles. The van der Waals surface area contributed by atoms with E-state index >= 15 is 0 Å². The molecule has 0 atom stereocenters. The van der Waals surface area contributed by atoms with Crippen molar-refractivity contribution in [2.45, 2.75) is 18.9 Å². The predicted molar refractivity (Wildman–Crippen MR) is 56.0 cm³/mol. The van der Waals surface area contributed by atoms with Gasteiger partial charge in [0.1, 0.15) is 18.2 Å². The van der Waals surface area contributed by atoms with Crippen LogP contribution in [-0.2, 0) is 0 Å². The maximum absolute atomic E-state index is 13.4. The molecule has 2 rings (SSSR count). The fourth-order valence-corrected chi connectivity index (χ4v) is 1.65. The highest BCUT2D eigenvalue weighted by molar-refractivity contribution is 5.95. The second kappa shape index (κ2) is 4.50. The summed E-state index contributed by atoms with van der Waals surface area (Å²) in [5, 5.41) is 8.62. The fraction of sp³-hybridized carbons (Fsp3) is 0.333. The molecular weight excluding hydrogens is 226 g/mol. The molecule has 1 saturated carbocycles. The number of nitriles is 1. The molecule has 1 aromatic carbocycles. The SMILES string of the molecule is N#CCN(C(=O)c1ccc(F)cc1F)C1CC1. The van der Waals surface area contributed by atoms with Crippen LogP contribution < -0.4 is 0 Å². The maximum atomic E-state index is 13.4. The lowest BCUT2D eigenvalue weighted by atomic mass is 10.1. The van der Waals surface area contributed by atoms with Gasteiger partial charge in [-0.15, -0.1) is 0 Å². The number of hydrogen-bond donors (Lipinski definition) is 0. The van der Waals surface area contributed by atoms with Gasteiger partial charge >= 0.3 is 0 Å². The number of hydrogen-bond acceptors (Lipinski definition) is 2. The van der Waals surface area contributed by atoms with Crippen LogP contribution in [0.3, 0.4) is 0 Å². The second-order valence-electron chi connectivity index (χ2n) is 3.95. The van der Waals surface area contributed by atoms with Crippen molar-refractivity contribution in [3.8, 4) is 6.07 Å². The number of carbonyl (C=O) groups excluding carboxylic acids is 1. The van der Waals surface area contributed by atoms with Crippen LogP contribution >= 0.6 is 0 Å². The van der Waals surface area contributed by atoms with E-state index in [-0.39, 0.29) is 18.2 Å². The molecule has 0 aliphatic heterocycles. The normalized spacial score (nSPS) is 14.2. The molecule has 1 fully saturated rings. The number of nitrogens with zero attached hydrogens (tertiary/aromatic N) is 2. The lowest BCUT2D eigenvalue weighted by Gasteiger charge is -2.19. The zero-order valence-electron chi connectivity index (χ0n) is 8.99. The van der Waals surface area contributed by atoms with Crippen molar-refractivity contribution in [1.29, 1.82) is 5.26 Å². The van der Waals surface area contributed by atoms with Crippen molar-refractivity contribution in [3.05, 3.63) is 35.4 Å². The van der Waals surface area contributed by atoms with Crippen LogP contribution in [-0.4, -0.2) is 23.4 Å². The van der Waals surface area contributed by atoms with Crippen LogP contribution in [0.1, 0.15) is 23.2 Å². The van der Waals surface area contributed by atoms with Crippen LogP contribution in [0.4, 0.5) is 8.78 Å². The minimum Gasteiger partial charge on any atom is -0.322 e. The first-order chi connectivity index (χ1) is 8.13. The first-order valence-electron chi connectivity index (χ1n) is 5.26. The molecule has 1 aliphatic rings. The summed E-state index contributed by atoms with van der Waals surface area (Å²) in [5.41, 5.74) is -0.187. The van der Waals surface area contributed by atoms with Crippen molar-refractivity contribution in [2.75, 3.05) is 6.54 Å². The van der Waals surface area contributed by atoms with Gasteiger partial charge in [-0.1, -0.05) is 0 Å². The largest absolute Gasteiger partial charge is 0.322 e. The number of carbonyl (C=O) groups is 1. The van der Waals surface area contributed by atoms with E-state index in [1.165, 1.54) is 4.90 Å². The number of benzene rings is 1. The lowest BCUT2D eigenvalue weighted by molar-refractivity contribution is 0.0760.